The number of aryl methyl sites for hydroxylation is 1. The smallest absolute Gasteiger partial charge is 0.326 e. The Morgan fingerprint density at radius 3 is 2.80 bits per heavy atom. The number of benzene rings is 1. The molecule has 0 spiro atoms. The molecule has 108 valence electrons. The molecule has 0 saturated carbocycles. The van der Waals surface area contributed by atoms with E-state index >= 15 is 0 Å². The first-order chi connectivity index (χ1) is 9.38. The zero-order valence-electron chi connectivity index (χ0n) is 10.8. The largest absolute Gasteiger partial charge is 0.480 e. The van der Waals surface area contributed by atoms with Crippen molar-refractivity contribution in [3.05, 3.63) is 28.2 Å². The number of nitrogens with zero attached hydrogens (tertiary/aromatic N) is 1. The van der Waals surface area contributed by atoms with Gasteiger partial charge in [-0.25, -0.2) is 9.59 Å². The minimum Gasteiger partial charge on any atom is -0.480 e. The average Bonchev–Trinajstić information content (AvgIpc) is 2.76. The summed E-state index contributed by atoms with van der Waals surface area (Å²) in [6.07, 6.45) is -0.750. The topological polar surface area (TPSA) is 89.9 Å². The minimum absolute atomic E-state index is 0.0201. The van der Waals surface area contributed by atoms with E-state index in [1.165, 1.54) is 0 Å². The molecule has 1 aliphatic heterocycles. The summed E-state index contributed by atoms with van der Waals surface area (Å²) in [7, 11) is 0. The number of urea groups is 1. The Labute approximate surface area is 124 Å². The lowest BCUT2D eigenvalue weighted by Crippen LogP contribution is -2.43. The van der Waals surface area contributed by atoms with Crippen molar-refractivity contribution in [1.82, 2.24) is 4.90 Å². The van der Waals surface area contributed by atoms with Crippen LogP contribution in [0.15, 0.2) is 22.7 Å². The van der Waals surface area contributed by atoms with Gasteiger partial charge in [-0.15, -0.1) is 0 Å². The van der Waals surface area contributed by atoms with E-state index in [2.05, 4.69) is 21.2 Å². The molecule has 0 aliphatic carbocycles. The summed E-state index contributed by atoms with van der Waals surface area (Å²) in [5.74, 6) is -1.11. The van der Waals surface area contributed by atoms with Crippen molar-refractivity contribution in [2.75, 3.05) is 11.9 Å². The van der Waals surface area contributed by atoms with E-state index in [1.807, 2.05) is 13.0 Å². The van der Waals surface area contributed by atoms with Gasteiger partial charge in [0.1, 0.15) is 6.04 Å². The number of aliphatic carboxylic acids is 1. The maximum absolute atomic E-state index is 12.2. The molecule has 0 bridgehead atoms. The van der Waals surface area contributed by atoms with Crippen LogP contribution in [0, 0.1) is 6.92 Å². The molecule has 2 atom stereocenters. The molecule has 0 radical (unpaired) electrons. The summed E-state index contributed by atoms with van der Waals surface area (Å²) in [5.41, 5.74) is 1.54. The van der Waals surface area contributed by atoms with Crippen molar-refractivity contribution < 1.29 is 19.8 Å². The summed E-state index contributed by atoms with van der Waals surface area (Å²) in [4.78, 5) is 24.4. The SMILES string of the molecule is Cc1ccc(Br)c(NC(=O)N2C[C@H](O)C[C@H]2C(=O)O)c1. The van der Waals surface area contributed by atoms with Crippen LogP contribution in [0.2, 0.25) is 0 Å². The van der Waals surface area contributed by atoms with Crippen molar-refractivity contribution in [2.45, 2.75) is 25.5 Å². The molecule has 1 aromatic rings. The van der Waals surface area contributed by atoms with Crippen LogP contribution < -0.4 is 5.32 Å². The number of rotatable bonds is 2. The number of nitrogens with one attached hydrogen (secondary N) is 1. The first-order valence-electron chi connectivity index (χ1n) is 6.13. The number of aliphatic hydroxyl groups is 1. The van der Waals surface area contributed by atoms with Crippen LogP contribution in [-0.4, -0.2) is 45.8 Å². The Kier molecular flexibility index (Phi) is 4.29. The van der Waals surface area contributed by atoms with Crippen molar-refractivity contribution in [1.29, 1.82) is 0 Å². The minimum atomic E-state index is -1.11. The Bertz CT molecular complexity index is 549. The molecular weight excluding hydrogens is 328 g/mol. The van der Waals surface area contributed by atoms with Crippen LogP contribution in [0.3, 0.4) is 0 Å². The highest BCUT2D eigenvalue weighted by molar-refractivity contribution is 9.10. The first kappa shape index (κ1) is 14.8. The molecule has 7 heteroatoms. The molecule has 1 aromatic carbocycles. The van der Waals surface area contributed by atoms with Crippen molar-refractivity contribution in [2.24, 2.45) is 0 Å². The monoisotopic (exact) mass is 342 g/mol. The Hall–Kier alpha value is -1.60. The molecule has 6 nitrogen and oxygen atoms in total. The number of carbonyl (C=O) groups excluding carboxylic acids is 1. The molecule has 0 aromatic heterocycles. The summed E-state index contributed by atoms with van der Waals surface area (Å²) in [6.45, 7) is 1.91. The van der Waals surface area contributed by atoms with Gasteiger partial charge in [0.25, 0.3) is 0 Å². The summed E-state index contributed by atoms with van der Waals surface area (Å²) >= 11 is 3.32. The second-order valence-corrected chi connectivity index (χ2v) is 5.66. The lowest BCUT2D eigenvalue weighted by Gasteiger charge is -2.22. The highest BCUT2D eigenvalue weighted by atomic mass is 79.9. The van der Waals surface area contributed by atoms with Gasteiger partial charge < -0.3 is 20.4 Å². The number of hydrogen-bond acceptors (Lipinski definition) is 3. The number of likely N-dealkylation sites (tertiary alicyclic amines) is 1. The van der Waals surface area contributed by atoms with Crippen LogP contribution in [0.25, 0.3) is 0 Å². The Morgan fingerprint density at radius 2 is 2.15 bits per heavy atom. The number of carboxylic acids is 1. The third-order valence-electron chi connectivity index (χ3n) is 3.19. The fourth-order valence-electron chi connectivity index (χ4n) is 2.19. The zero-order valence-corrected chi connectivity index (χ0v) is 12.4. The number of β-amino-alcohol motifs (C(OH)–C–C–N with tert-alkyl or cyclic N) is 1. The molecule has 0 unspecified atom stereocenters. The Morgan fingerprint density at radius 1 is 1.45 bits per heavy atom. The molecule has 1 fully saturated rings. The third kappa shape index (κ3) is 3.10. The summed E-state index contributed by atoms with van der Waals surface area (Å²) in [6, 6.07) is 3.95. The number of aliphatic hydroxyl groups excluding tert-OH is 1. The van der Waals surface area contributed by atoms with Crippen molar-refractivity contribution in [3.8, 4) is 0 Å². The van der Waals surface area contributed by atoms with Gasteiger partial charge in [0.15, 0.2) is 0 Å². The molecule has 1 aliphatic rings. The number of anilines is 1. The summed E-state index contributed by atoms with van der Waals surface area (Å²) in [5, 5.41) is 21.3. The van der Waals surface area contributed by atoms with Gasteiger partial charge in [0.05, 0.1) is 11.8 Å². The molecule has 1 heterocycles. The highest BCUT2D eigenvalue weighted by Crippen LogP contribution is 2.25. The molecule has 1 saturated heterocycles. The van der Waals surface area contributed by atoms with Crippen LogP contribution in [-0.2, 0) is 4.79 Å². The quantitative estimate of drug-likeness (QED) is 0.764. The maximum Gasteiger partial charge on any atom is 0.326 e. The van der Waals surface area contributed by atoms with E-state index in [4.69, 9.17) is 5.11 Å². The van der Waals surface area contributed by atoms with E-state index in [0.717, 1.165) is 10.5 Å². The van der Waals surface area contributed by atoms with Gasteiger partial charge in [-0.2, -0.15) is 0 Å². The van der Waals surface area contributed by atoms with Gasteiger partial charge in [-0.3, -0.25) is 0 Å². The van der Waals surface area contributed by atoms with Gasteiger partial charge in [0, 0.05) is 17.4 Å². The van der Waals surface area contributed by atoms with Gasteiger partial charge in [-0.05, 0) is 40.5 Å². The third-order valence-corrected chi connectivity index (χ3v) is 3.88. The van der Waals surface area contributed by atoms with Crippen LogP contribution in [0.1, 0.15) is 12.0 Å². The molecule has 2 amide bonds. The zero-order chi connectivity index (χ0) is 14.9. The number of hydrogen-bond donors (Lipinski definition) is 3. The Balaban J connectivity index is 2.15. The number of carbonyl (C=O) groups is 2. The predicted molar refractivity (Wildman–Crippen MR) is 76.7 cm³/mol. The van der Waals surface area contributed by atoms with E-state index in [9.17, 15) is 14.7 Å². The van der Waals surface area contributed by atoms with Crippen LogP contribution >= 0.6 is 15.9 Å². The number of halogens is 1. The fraction of sp³-hybridized carbons (Fsp3) is 0.385. The molecule has 2 rings (SSSR count). The van der Waals surface area contributed by atoms with E-state index in [0.29, 0.717) is 10.2 Å². The fourth-order valence-corrected chi connectivity index (χ4v) is 2.54. The van der Waals surface area contributed by atoms with Crippen LogP contribution in [0.5, 0.6) is 0 Å². The van der Waals surface area contributed by atoms with E-state index < -0.39 is 24.1 Å². The van der Waals surface area contributed by atoms with Gasteiger partial charge >= 0.3 is 12.0 Å². The number of amides is 2. The lowest BCUT2D eigenvalue weighted by molar-refractivity contribution is -0.141. The average molecular weight is 343 g/mol. The number of carboxylic acid groups (broad SMARTS) is 1. The molecule has 20 heavy (non-hydrogen) atoms. The maximum atomic E-state index is 12.2. The standard InChI is InChI=1S/C13H15BrN2O4/c1-7-2-3-9(14)10(4-7)15-13(20)16-6-8(17)5-11(16)12(18)19/h2-4,8,11,17H,5-6H2,1H3,(H,15,20)(H,18,19)/t8-,11+/m1/s1. The first-order valence-corrected chi connectivity index (χ1v) is 6.92. The second-order valence-electron chi connectivity index (χ2n) is 4.81. The van der Waals surface area contributed by atoms with E-state index in [-0.39, 0.29) is 13.0 Å². The van der Waals surface area contributed by atoms with Gasteiger partial charge in [0.2, 0.25) is 0 Å². The van der Waals surface area contributed by atoms with Gasteiger partial charge in [-0.1, -0.05) is 6.07 Å². The highest BCUT2D eigenvalue weighted by Gasteiger charge is 2.39. The van der Waals surface area contributed by atoms with Crippen molar-refractivity contribution in [3.63, 3.8) is 0 Å². The van der Waals surface area contributed by atoms with Crippen molar-refractivity contribution >= 4 is 33.6 Å². The second kappa shape index (κ2) is 5.80. The summed E-state index contributed by atoms with van der Waals surface area (Å²) < 4.78 is 0.711. The van der Waals surface area contributed by atoms with Crippen LogP contribution in [0.4, 0.5) is 10.5 Å². The normalized spacial score (nSPS) is 21.9. The van der Waals surface area contributed by atoms with E-state index in [1.54, 1.807) is 12.1 Å². The molecule has 3 N–H and O–H groups in total. The predicted octanol–water partition coefficient (Wildman–Crippen LogP) is 1.81. The lowest BCUT2D eigenvalue weighted by atomic mass is 10.2. The molecular formula is C13H15BrN2O4.